The molecular formula is C14H23N3O. The zero-order chi connectivity index (χ0) is 13.4. The fourth-order valence-electron chi connectivity index (χ4n) is 1.84. The van der Waals surface area contributed by atoms with Crippen molar-refractivity contribution in [2.75, 3.05) is 13.6 Å². The van der Waals surface area contributed by atoms with Gasteiger partial charge in [-0.15, -0.1) is 0 Å². The van der Waals surface area contributed by atoms with Gasteiger partial charge in [0.05, 0.1) is 0 Å². The molecule has 0 aliphatic heterocycles. The molecule has 0 radical (unpaired) electrons. The van der Waals surface area contributed by atoms with Gasteiger partial charge in [0.15, 0.2) is 0 Å². The molecule has 18 heavy (non-hydrogen) atoms. The number of amides is 1. The van der Waals surface area contributed by atoms with E-state index in [0.29, 0.717) is 25.4 Å². The van der Waals surface area contributed by atoms with Crippen molar-refractivity contribution in [1.29, 1.82) is 0 Å². The predicted molar refractivity (Wildman–Crippen MR) is 72.8 cm³/mol. The van der Waals surface area contributed by atoms with Crippen molar-refractivity contribution in [2.24, 2.45) is 11.7 Å². The molecule has 0 bridgehead atoms. The van der Waals surface area contributed by atoms with E-state index in [0.717, 1.165) is 18.4 Å². The number of hydrogen-bond donors (Lipinski definition) is 1. The van der Waals surface area contributed by atoms with E-state index < -0.39 is 0 Å². The average molecular weight is 249 g/mol. The van der Waals surface area contributed by atoms with Crippen LogP contribution in [0.3, 0.4) is 0 Å². The van der Waals surface area contributed by atoms with Crippen molar-refractivity contribution in [3.63, 3.8) is 0 Å². The van der Waals surface area contributed by atoms with E-state index in [1.54, 1.807) is 17.3 Å². The second kappa shape index (κ2) is 7.82. The van der Waals surface area contributed by atoms with Crippen LogP contribution in [0.25, 0.3) is 0 Å². The van der Waals surface area contributed by atoms with Crippen molar-refractivity contribution in [3.05, 3.63) is 30.1 Å². The molecule has 2 N–H and O–H groups in total. The van der Waals surface area contributed by atoms with E-state index in [1.165, 1.54) is 0 Å². The maximum absolute atomic E-state index is 11.9. The zero-order valence-corrected chi connectivity index (χ0v) is 11.3. The van der Waals surface area contributed by atoms with Gasteiger partial charge in [0.25, 0.3) is 0 Å². The average Bonchev–Trinajstić information content (AvgIpc) is 2.37. The predicted octanol–water partition coefficient (Wildman–Crippen LogP) is 1.81. The van der Waals surface area contributed by atoms with Crippen LogP contribution >= 0.6 is 0 Å². The van der Waals surface area contributed by atoms with E-state index in [2.05, 4.69) is 11.9 Å². The van der Waals surface area contributed by atoms with Crippen LogP contribution in [-0.2, 0) is 11.3 Å². The summed E-state index contributed by atoms with van der Waals surface area (Å²) in [4.78, 5) is 17.7. The molecule has 1 rings (SSSR count). The fourth-order valence-corrected chi connectivity index (χ4v) is 1.84. The highest BCUT2D eigenvalue weighted by atomic mass is 16.2. The molecule has 1 atom stereocenters. The Hall–Kier alpha value is -1.42. The summed E-state index contributed by atoms with van der Waals surface area (Å²) in [6, 6.07) is 3.87. The lowest BCUT2D eigenvalue weighted by Crippen LogP contribution is -2.26. The van der Waals surface area contributed by atoms with Crippen molar-refractivity contribution in [1.82, 2.24) is 9.88 Å². The Bertz CT molecular complexity index is 353. The Morgan fingerprint density at radius 1 is 1.50 bits per heavy atom. The normalized spacial score (nSPS) is 12.2. The van der Waals surface area contributed by atoms with Crippen LogP contribution < -0.4 is 5.73 Å². The summed E-state index contributed by atoms with van der Waals surface area (Å²) < 4.78 is 0. The molecule has 100 valence electrons. The van der Waals surface area contributed by atoms with Crippen molar-refractivity contribution in [2.45, 2.75) is 32.7 Å². The van der Waals surface area contributed by atoms with Crippen molar-refractivity contribution >= 4 is 5.91 Å². The van der Waals surface area contributed by atoms with Gasteiger partial charge in [-0.2, -0.15) is 0 Å². The quantitative estimate of drug-likeness (QED) is 0.801. The Kier molecular flexibility index (Phi) is 6.36. The first-order valence-electron chi connectivity index (χ1n) is 6.46. The minimum Gasteiger partial charge on any atom is -0.341 e. The summed E-state index contributed by atoms with van der Waals surface area (Å²) in [7, 11) is 1.84. The van der Waals surface area contributed by atoms with Gasteiger partial charge < -0.3 is 10.6 Å². The molecule has 0 aliphatic rings. The molecule has 4 nitrogen and oxygen atoms in total. The van der Waals surface area contributed by atoms with Crippen LogP contribution in [0.5, 0.6) is 0 Å². The molecule has 1 aromatic rings. The van der Waals surface area contributed by atoms with Gasteiger partial charge in [-0.1, -0.05) is 13.0 Å². The van der Waals surface area contributed by atoms with E-state index >= 15 is 0 Å². The van der Waals surface area contributed by atoms with Crippen LogP contribution in [0.1, 0.15) is 31.7 Å². The number of aromatic nitrogens is 1. The first kappa shape index (κ1) is 14.6. The van der Waals surface area contributed by atoms with Crippen LogP contribution in [-0.4, -0.2) is 29.4 Å². The Labute approximate surface area is 109 Å². The maximum atomic E-state index is 11.9. The first-order chi connectivity index (χ1) is 8.63. The highest BCUT2D eigenvalue weighted by molar-refractivity contribution is 5.75. The zero-order valence-electron chi connectivity index (χ0n) is 11.3. The standard InChI is InChI=1S/C14H23N3O/c1-12(7-8-15)5-6-14(18)17(2)11-13-4-3-9-16-10-13/h3-4,9-10,12H,5-8,11,15H2,1-2H3. The van der Waals surface area contributed by atoms with Gasteiger partial charge in [0, 0.05) is 32.4 Å². The molecule has 0 saturated heterocycles. The Morgan fingerprint density at radius 3 is 2.89 bits per heavy atom. The largest absolute Gasteiger partial charge is 0.341 e. The van der Waals surface area contributed by atoms with E-state index in [4.69, 9.17) is 5.73 Å². The number of nitrogens with zero attached hydrogens (tertiary/aromatic N) is 2. The minimum absolute atomic E-state index is 0.183. The second-order valence-corrected chi connectivity index (χ2v) is 4.83. The highest BCUT2D eigenvalue weighted by Gasteiger charge is 2.11. The van der Waals surface area contributed by atoms with Crippen LogP contribution in [0.15, 0.2) is 24.5 Å². The Morgan fingerprint density at radius 2 is 2.28 bits per heavy atom. The molecule has 0 saturated carbocycles. The lowest BCUT2D eigenvalue weighted by molar-refractivity contribution is -0.130. The van der Waals surface area contributed by atoms with Gasteiger partial charge in [-0.25, -0.2) is 0 Å². The molecule has 0 aliphatic carbocycles. The van der Waals surface area contributed by atoms with E-state index in [9.17, 15) is 4.79 Å². The summed E-state index contributed by atoms with van der Waals surface area (Å²) in [5, 5.41) is 0. The highest BCUT2D eigenvalue weighted by Crippen LogP contribution is 2.11. The van der Waals surface area contributed by atoms with Gasteiger partial charge in [-0.3, -0.25) is 9.78 Å². The molecule has 1 aromatic heterocycles. The lowest BCUT2D eigenvalue weighted by atomic mass is 10.0. The number of hydrogen-bond acceptors (Lipinski definition) is 3. The van der Waals surface area contributed by atoms with Crippen LogP contribution in [0.4, 0.5) is 0 Å². The molecular weight excluding hydrogens is 226 g/mol. The molecule has 0 spiro atoms. The fraction of sp³-hybridized carbons (Fsp3) is 0.571. The molecule has 1 amide bonds. The number of pyridine rings is 1. The smallest absolute Gasteiger partial charge is 0.222 e. The third kappa shape index (κ3) is 5.27. The summed E-state index contributed by atoms with van der Waals surface area (Å²) in [5.41, 5.74) is 6.55. The Balaban J connectivity index is 2.33. The lowest BCUT2D eigenvalue weighted by Gasteiger charge is -2.18. The minimum atomic E-state index is 0.183. The number of carbonyl (C=O) groups is 1. The van der Waals surface area contributed by atoms with Crippen LogP contribution in [0, 0.1) is 5.92 Å². The summed E-state index contributed by atoms with van der Waals surface area (Å²) in [6.45, 7) is 3.46. The summed E-state index contributed by atoms with van der Waals surface area (Å²) in [6.07, 6.45) is 6.02. The topological polar surface area (TPSA) is 59.2 Å². The van der Waals surface area contributed by atoms with Crippen LogP contribution in [0.2, 0.25) is 0 Å². The van der Waals surface area contributed by atoms with Crippen molar-refractivity contribution < 1.29 is 4.79 Å². The van der Waals surface area contributed by atoms with E-state index in [1.807, 2.05) is 19.2 Å². The molecule has 4 heteroatoms. The summed E-state index contributed by atoms with van der Waals surface area (Å²) in [5.74, 6) is 0.702. The molecule has 1 heterocycles. The van der Waals surface area contributed by atoms with E-state index in [-0.39, 0.29) is 5.91 Å². The van der Waals surface area contributed by atoms with Gasteiger partial charge in [0.2, 0.25) is 5.91 Å². The number of nitrogens with two attached hydrogens (primary N) is 1. The number of rotatable bonds is 7. The van der Waals surface area contributed by atoms with Crippen molar-refractivity contribution in [3.8, 4) is 0 Å². The first-order valence-corrected chi connectivity index (χ1v) is 6.46. The third-order valence-electron chi connectivity index (χ3n) is 3.08. The van der Waals surface area contributed by atoms with Gasteiger partial charge in [0.1, 0.15) is 0 Å². The molecule has 0 fully saturated rings. The summed E-state index contributed by atoms with van der Waals surface area (Å²) >= 11 is 0. The maximum Gasteiger partial charge on any atom is 0.222 e. The third-order valence-corrected chi connectivity index (χ3v) is 3.08. The SMILES string of the molecule is CC(CCN)CCC(=O)N(C)Cc1cccnc1. The van der Waals surface area contributed by atoms with Gasteiger partial charge >= 0.3 is 0 Å². The molecule has 1 unspecified atom stereocenters. The second-order valence-electron chi connectivity index (χ2n) is 4.83. The number of carbonyl (C=O) groups excluding carboxylic acids is 1. The molecule has 0 aromatic carbocycles. The monoisotopic (exact) mass is 249 g/mol. The van der Waals surface area contributed by atoms with Gasteiger partial charge in [-0.05, 0) is 36.9 Å².